The molecule has 8 heteroatoms. The van der Waals surface area contributed by atoms with Gasteiger partial charge in [0.2, 0.25) is 5.91 Å². The van der Waals surface area contributed by atoms with Gasteiger partial charge in [-0.3, -0.25) is 4.79 Å². The van der Waals surface area contributed by atoms with Crippen molar-refractivity contribution in [2.75, 3.05) is 54.4 Å². The van der Waals surface area contributed by atoms with Gasteiger partial charge < -0.3 is 25.2 Å². The van der Waals surface area contributed by atoms with E-state index in [1.165, 1.54) is 25.7 Å². The lowest BCUT2D eigenvalue weighted by Gasteiger charge is -2.34. The second-order valence-electron chi connectivity index (χ2n) is 9.12. The van der Waals surface area contributed by atoms with Gasteiger partial charge in [-0.05, 0) is 33.0 Å². The predicted octanol–water partition coefficient (Wildman–Crippen LogP) is 2.87. The lowest BCUT2D eigenvalue weighted by atomic mass is 9.85. The van der Waals surface area contributed by atoms with Crippen molar-refractivity contribution in [3.05, 3.63) is 29.8 Å². The lowest BCUT2D eigenvalue weighted by molar-refractivity contribution is -0.127. The molecule has 0 aromatic heterocycles. The second-order valence-corrected chi connectivity index (χ2v) is 9.12. The van der Waals surface area contributed by atoms with Gasteiger partial charge in [-0.15, -0.1) is 24.0 Å². The number of guanidine groups is 1. The van der Waals surface area contributed by atoms with Crippen LogP contribution in [0.2, 0.25) is 0 Å². The number of nitrogens with one attached hydrogen (secondary N) is 2. The zero-order chi connectivity index (χ0) is 21.6. The van der Waals surface area contributed by atoms with E-state index in [2.05, 4.69) is 40.7 Å². The van der Waals surface area contributed by atoms with E-state index in [9.17, 15) is 4.79 Å². The highest BCUT2D eigenvalue weighted by Gasteiger charge is 2.34. The third-order valence-electron chi connectivity index (χ3n) is 6.09. The molecule has 0 spiro atoms. The van der Waals surface area contributed by atoms with Crippen molar-refractivity contribution in [3.63, 3.8) is 0 Å². The molecule has 1 aromatic carbocycles. The number of aliphatic imine (C=N–C) groups is 1. The summed E-state index contributed by atoms with van der Waals surface area (Å²) in [6.07, 6.45) is 5.87. The summed E-state index contributed by atoms with van der Waals surface area (Å²) >= 11 is 0. The van der Waals surface area contributed by atoms with E-state index < -0.39 is 0 Å². The van der Waals surface area contributed by atoms with Crippen LogP contribution in [0.4, 0.5) is 0 Å². The largest absolute Gasteiger partial charge is 0.493 e. The molecule has 0 radical (unpaired) electrons. The summed E-state index contributed by atoms with van der Waals surface area (Å²) in [5, 5.41) is 7.16. The first-order chi connectivity index (χ1) is 14.4. The molecule has 2 aliphatic rings. The number of nitrogens with zero attached hydrogens (tertiary/aromatic N) is 3. The van der Waals surface area contributed by atoms with Crippen LogP contribution in [-0.4, -0.2) is 76.1 Å². The number of hydrogen-bond acceptors (Lipinski definition) is 4. The van der Waals surface area contributed by atoms with Crippen LogP contribution in [0, 0.1) is 5.41 Å². The molecule has 31 heavy (non-hydrogen) atoms. The average molecular weight is 543 g/mol. The Morgan fingerprint density at radius 2 is 1.90 bits per heavy atom. The minimum atomic E-state index is -0.00708. The first kappa shape index (κ1) is 25.7. The number of benzene rings is 1. The normalized spacial score (nSPS) is 19.8. The molecule has 1 heterocycles. The second kappa shape index (κ2) is 11.9. The highest BCUT2D eigenvalue weighted by atomic mass is 127. The Balaban J connectivity index is 0.00000341. The van der Waals surface area contributed by atoms with Gasteiger partial charge in [-0.2, -0.15) is 0 Å². The summed E-state index contributed by atoms with van der Waals surface area (Å²) in [6.45, 7) is 2.72. The summed E-state index contributed by atoms with van der Waals surface area (Å²) in [5.74, 6) is 1.62. The van der Waals surface area contributed by atoms with Crippen LogP contribution in [0.3, 0.4) is 0 Å². The number of ether oxygens (including phenoxy) is 1. The summed E-state index contributed by atoms with van der Waals surface area (Å²) < 4.78 is 5.80. The van der Waals surface area contributed by atoms with Crippen LogP contribution >= 0.6 is 24.0 Å². The average Bonchev–Trinajstić information content (AvgIpc) is 3.17. The molecule has 0 bridgehead atoms. The van der Waals surface area contributed by atoms with Gasteiger partial charge in [0.1, 0.15) is 12.3 Å². The first-order valence-electron chi connectivity index (χ1n) is 11.0. The number of hydrogen-bond donors (Lipinski definition) is 2. The molecule has 174 valence electrons. The van der Waals surface area contributed by atoms with E-state index in [0.717, 1.165) is 30.8 Å². The fourth-order valence-electron chi connectivity index (χ4n) is 4.56. The zero-order valence-corrected chi connectivity index (χ0v) is 21.6. The summed E-state index contributed by atoms with van der Waals surface area (Å²) in [6, 6.07) is 8.25. The van der Waals surface area contributed by atoms with Gasteiger partial charge in [-0.25, -0.2) is 4.99 Å². The molecule has 2 N–H and O–H groups in total. The third kappa shape index (κ3) is 7.24. The Kier molecular flexibility index (Phi) is 9.87. The van der Waals surface area contributed by atoms with Crippen LogP contribution in [-0.2, 0) is 4.79 Å². The maximum absolute atomic E-state index is 12.1. The SMILES string of the molecule is CN(C)CC1(CNC(=NCC(=O)N(C)C)NC2CCOc3ccccc32)CCCC1.I. The quantitative estimate of drug-likeness (QED) is 0.315. The van der Waals surface area contributed by atoms with E-state index in [-0.39, 0.29) is 47.9 Å². The van der Waals surface area contributed by atoms with Crippen LogP contribution in [0.25, 0.3) is 0 Å². The maximum Gasteiger partial charge on any atom is 0.243 e. The molecule has 1 unspecified atom stereocenters. The van der Waals surface area contributed by atoms with Gasteiger partial charge in [-0.1, -0.05) is 31.0 Å². The highest BCUT2D eigenvalue weighted by Crippen LogP contribution is 2.38. The van der Waals surface area contributed by atoms with Crippen LogP contribution in [0.5, 0.6) is 5.75 Å². The van der Waals surface area contributed by atoms with E-state index in [1.807, 2.05) is 18.2 Å². The highest BCUT2D eigenvalue weighted by molar-refractivity contribution is 14.0. The van der Waals surface area contributed by atoms with Crippen molar-refractivity contribution in [3.8, 4) is 5.75 Å². The molecule has 1 saturated carbocycles. The Labute approximate surface area is 204 Å². The van der Waals surface area contributed by atoms with Gasteiger partial charge in [0, 0.05) is 44.6 Å². The van der Waals surface area contributed by atoms with E-state index >= 15 is 0 Å². The summed E-state index contributed by atoms with van der Waals surface area (Å²) in [7, 11) is 7.81. The lowest BCUT2D eigenvalue weighted by Crippen LogP contribution is -2.48. The Bertz CT molecular complexity index is 747. The van der Waals surface area contributed by atoms with Crippen molar-refractivity contribution in [2.45, 2.75) is 38.1 Å². The standard InChI is InChI=1S/C23H37N5O2.HI/c1-27(2)17-23(12-7-8-13-23)16-25-22(24-15-21(29)28(3)4)26-19-11-14-30-20-10-6-5-9-18(19)20;/h5-6,9-10,19H,7-8,11-17H2,1-4H3,(H2,24,25,26);1H. The predicted molar refractivity (Wildman–Crippen MR) is 136 cm³/mol. The van der Waals surface area contributed by atoms with Gasteiger partial charge in [0.05, 0.1) is 12.6 Å². The molecular formula is C23H38IN5O2. The summed E-state index contributed by atoms with van der Waals surface area (Å²) in [4.78, 5) is 20.6. The monoisotopic (exact) mass is 543 g/mol. The molecule has 1 aromatic rings. The number of rotatable bonds is 7. The van der Waals surface area contributed by atoms with Crippen molar-refractivity contribution in [2.24, 2.45) is 10.4 Å². The molecule has 1 amide bonds. The van der Waals surface area contributed by atoms with Crippen LogP contribution in [0.1, 0.15) is 43.7 Å². The summed E-state index contributed by atoms with van der Waals surface area (Å²) in [5.41, 5.74) is 1.39. The third-order valence-corrected chi connectivity index (χ3v) is 6.09. The number of para-hydroxylation sites is 1. The molecule has 1 atom stereocenters. The van der Waals surface area contributed by atoms with Crippen molar-refractivity contribution < 1.29 is 9.53 Å². The van der Waals surface area contributed by atoms with Gasteiger partial charge in [0.15, 0.2) is 5.96 Å². The van der Waals surface area contributed by atoms with E-state index in [4.69, 9.17) is 4.74 Å². The maximum atomic E-state index is 12.1. The minimum Gasteiger partial charge on any atom is -0.493 e. The number of likely N-dealkylation sites (N-methyl/N-ethyl adjacent to an activating group) is 1. The van der Waals surface area contributed by atoms with Crippen LogP contribution < -0.4 is 15.4 Å². The minimum absolute atomic E-state index is 0. The molecule has 0 saturated heterocycles. The van der Waals surface area contributed by atoms with Crippen molar-refractivity contribution in [1.29, 1.82) is 0 Å². The number of carbonyl (C=O) groups excluding carboxylic acids is 1. The number of halogens is 1. The topological polar surface area (TPSA) is 69.2 Å². The molecule has 7 nitrogen and oxygen atoms in total. The number of fused-ring (bicyclic) bond motifs is 1. The fourth-order valence-corrected chi connectivity index (χ4v) is 4.56. The van der Waals surface area contributed by atoms with Crippen molar-refractivity contribution in [1.82, 2.24) is 20.4 Å². The van der Waals surface area contributed by atoms with Crippen molar-refractivity contribution >= 4 is 35.8 Å². The van der Waals surface area contributed by atoms with Gasteiger partial charge in [0.25, 0.3) is 0 Å². The fraction of sp³-hybridized carbons (Fsp3) is 0.652. The Morgan fingerprint density at radius 3 is 2.58 bits per heavy atom. The number of carbonyl (C=O) groups is 1. The molecular weight excluding hydrogens is 505 g/mol. The van der Waals surface area contributed by atoms with Crippen LogP contribution in [0.15, 0.2) is 29.3 Å². The molecule has 3 rings (SSSR count). The first-order valence-corrected chi connectivity index (χ1v) is 11.0. The number of amides is 1. The van der Waals surface area contributed by atoms with E-state index in [0.29, 0.717) is 12.6 Å². The van der Waals surface area contributed by atoms with Gasteiger partial charge >= 0.3 is 0 Å². The van der Waals surface area contributed by atoms with E-state index in [1.54, 1.807) is 19.0 Å². The molecule has 1 aliphatic heterocycles. The zero-order valence-electron chi connectivity index (χ0n) is 19.3. The Morgan fingerprint density at radius 1 is 1.19 bits per heavy atom. The smallest absolute Gasteiger partial charge is 0.243 e. The Hall–Kier alpha value is -1.55. The molecule has 1 fully saturated rings. The molecule has 1 aliphatic carbocycles.